The van der Waals surface area contributed by atoms with Gasteiger partial charge in [0.15, 0.2) is 0 Å². The van der Waals surface area contributed by atoms with Crippen molar-refractivity contribution >= 4 is 15.7 Å². The van der Waals surface area contributed by atoms with Crippen molar-refractivity contribution in [2.24, 2.45) is 5.10 Å². The lowest BCUT2D eigenvalue weighted by atomic mass is 10.1. The molecule has 0 aliphatic rings. The maximum atomic E-state index is 12.2. The Morgan fingerprint density at radius 1 is 1.05 bits per heavy atom. The molecule has 0 radical (unpaired) electrons. The molecule has 0 amide bonds. The lowest BCUT2D eigenvalue weighted by molar-refractivity contribution is 0.584. The number of sulfonamides is 1. The van der Waals surface area contributed by atoms with Gasteiger partial charge in [-0.2, -0.15) is 13.5 Å². The summed E-state index contributed by atoms with van der Waals surface area (Å²) >= 11 is 0. The minimum absolute atomic E-state index is 0.219. The monoisotopic (exact) mass is 316 g/mol. The molecule has 0 unspecified atom stereocenters. The van der Waals surface area contributed by atoms with Crippen LogP contribution in [0.4, 0.5) is 0 Å². The maximum Gasteiger partial charge on any atom is 0.276 e. The van der Waals surface area contributed by atoms with Crippen LogP contribution in [-0.4, -0.2) is 14.1 Å². The zero-order valence-corrected chi connectivity index (χ0v) is 13.6. The quantitative estimate of drug-likeness (QED) is 0.657. The highest BCUT2D eigenvalue weighted by molar-refractivity contribution is 7.89. The van der Waals surface area contributed by atoms with Gasteiger partial charge in [0.05, 0.1) is 4.90 Å². The molecule has 5 heteroatoms. The fourth-order valence-corrected chi connectivity index (χ4v) is 2.82. The number of nitrogens with zero attached hydrogens (tertiary/aromatic N) is 1. The topological polar surface area (TPSA) is 58.5 Å². The van der Waals surface area contributed by atoms with E-state index in [1.54, 1.807) is 24.3 Å². The predicted molar refractivity (Wildman–Crippen MR) is 89.4 cm³/mol. The van der Waals surface area contributed by atoms with Crippen molar-refractivity contribution in [2.75, 3.05) is 0 Å². The van der Waals surface area contributed by atoms with Gasteiger partial charge in [-0.1, -0.05) is 55.0 Å². The Bertz CT molecular complexity index is 736. The molecule has 2 aromatic rings. The summed E-state index contributed by atoms with van der Waals surface area (Å²) < 4.78 is 24.4. The van der Waals surface area contributed by atoms with E-state index in [1.807, 2.05) is 44.2 Å². The van der Waals surface area contributed by atoms with Crippen LogP contribution in [0.5, 0.6) is 0 Å². The van der Waals surface area contributed by atoms with Crippen molar-refractivity contribution < 1.29 is 8.42 Å². The van der Waals surface area contributed by atoms with Crippen LogP contribution >= 0.6 is 0 Å². The highest BCUT2D eigenvalue weighted by Crippen LogP contribution is 2.10. The van der Waals surface area contributed by atoms with E-state index in [4.69, 9.17) is 0 Å². The van der Waals surface area contributed by atoms with Gasteiger partial charge < -0.3 is 0 Å². The van der Waals surface area contributed by atoms with E-state index in [9.17, 15) is 8.42 Å². The van der Waals surface area contributed by atoms with Crippen molar-refractivity contribution in [1.29, 1.82) is 0 Å². The average molecular weight is 316 g/mol. The second kappa shape index (κ2) is 7.22. The normalized spacial score (nSPS) is 12.2. The number of hydrogen-bond acceptors (Lipinski definition) is 3. The SMILES string of the molecule is CC/C(Cc1ccccc1)=N/NS(=O)(=O)c1ccc(C)cc1. The van der Waals surface area contributed by atoms with E-state index in [1.165, 1.54) is 0 Å². The van der Waals surface area contributed by atoms with Gasteiger partial charge in [0.25, 0.3) is 10.0 Å². The summed E-state index contributed by atoms with van der Waals surface area (Å²) in [6.45, 7) is 3.87. The molecule has 0 saturated heterocycles. The molecule has 4 nitrogen and oxygen atoms in total. The minimum atomic E-state index is -3.61. The summed E-state index contributed by atoms with van der Waals surface area (Å²) in [4.78, 5) is 2.55. The molecule has 0 fully saturated rings. The van der Waals surface area contributed by atoms with Crippen LogP contribution in [0.25, 0.3) is 0 Å². The number of hydrazone groups is 1. The largest absolute Gasteiger partial charge is 0.276 e. The molecule has 0 aliphatic carbocycles. The van der Waals surface area contributed by atoms with E-state index in [-0.39, 0.29) is 4.90 Å². The van der Waals surface area contributed by atoms with Gasteiger partial charge in [-0.05, 0) is 31.0 Å². The molecular weight excluding hydrogens is 296 g/mol. The lowest BCUT2D eigenvalue weighted by Gasteiger charge is -2.07. The Labute approximate surface area is 131 Å². The zero-order valence-electron chi connectivity index (χ0n) is 12.8. The standard InChI is InChI=1S/C17H20N2O2S/c1-3-16(13-15-7-5-4-6-8-15)18-19-22(20,21)17-11-9-14(2)10-12-17/h4-12,19H,3,13H2,1-2H3/b18-16-. The first kappa shape index (κ1) is 16.2. The minimum Gasteiger partial charge on any atom is -0.200 e. The first-order valence-corrected chi connectivity index (χ1v) is 8.67. The molecule has 116 valence electrons. The molecule has 1 N–H and O–H groups in total. The molecule has 0 spiro atoms. The Balaban J connectivity index is 2.12. The summed E-state index contributed by atoms with van der Waals surface area (Å²) in [6.07, 6.45) is 1.32. The van der Waals surface area contributed by atoms with E-state index in [0.29, 0.717) is 12.8 Å². The van der Waals surface area contributed by atoms with Gasteiger partial charge in [0, 0.05) is 12.1 Å². The highest BCUT2D eigenvalue weighted by atomic mass is 32.2. The summed E-state index contributed by atoms with van der Waals surface area (Å²) in [6, 6.07) is 16.6. The molecular formula is C17H20N2O2S. The summed E-state index contributed by atoms with van der Waals surface area (Å²) in [5.74, 6) is 0. The summed E-state index contributed by atoms with van der Waals surface area (Å²) in [7, 11) is -3.61. The molecule has 0 atom stereocenters. The third-order valence-corrected chi connectivity index (χ3v) is 4.54. The second-order valence-electron chi connectivity index (χ2n) is 5.10. The average Bonchev–Trinajstić information content (AvgIpc) is 2.53. The van der Waals surface area contributed by atoms with Gasteiger partial charge in [-0.3, -0.25) is 0 Å². The summed E-state index contributed by atoms with van der Waals surface area (Å²) in [5, 5.41) is 4.09. The number of rotatable bonds is 6. The summed E-state index contributed by atoms with van der Waals surface area (Å²) in [5.41, 5.74) is 2.92. The third-order valence-electron chi connectivity index (χ3n) is 3.31. The zero-order chi connectivity index (χ0) is 16.0. The molecule has 0 bridgehead atoms. The smallest absolute Gasteiger partial charge is 0.200 e. The van der Waals surface area contributed by atoms with Gasteiger partial charge in [-0.15, -0.1) is 0 Å². The first-order chi connectivity index (χ1) is 10.5. The van der Waals surface area contributed by atoms with Crippen LogP contribution in [0.15, 0.2) is 64.6 Å². The Morgan fingerprint density at radius 2 is 1.68 bits per heavy atom. The lowest BCUT2D eigenvalue weighted by Crippen LogP contribution is -2.20. The van der Waals surface area contributed by atoms with Crippen molar-refractivity contribution in [3.05, 3.63) is 65.7 Å². The molecule has 2 rings (SSSR count). The van der Waals surface area contributed by atoms with Crippen LogP contribution in [0, 0.1) is 6.92 Å². The molecule has 2 aromatic carbocycles. The molecule has 0 heterocycles. The van der Waals surface area contributed by atoms with E-state index in [2.05, 4.69) is 9.93 Å². The van der Waals surface area contributed by atoms with Crippen LogP contribution < -0.4 is 4.83 Å². The first-order valence-electron chi connectivity index (χ1n) is 7.19. The van der Waals surface area contributed by atoms with Crippen LogP contribution in [0.1, 0.15) is 24.5 Å². The van der Waals surface area contributed by atoms with Gasteiger partial charge in [-0.25, -0.2) is 4.83 Å². The number of aryl methyl sites for hydroxylation is 1. The van der Waals surface area contributed by atoms with Crippen molar-refractivity contribution in [1.82, 2.24) is 4.83 Å². The molecule has 0 aromatic heterocycles. The van der Waals surface area contributed by atoms with Crippen molar-refractivity contribution in [3.8, 4) is 0 Å². The molecule has 0 aliphatic heterocycles. The van der Waals surface area contributed by atoms with E-state index in [0.717, 1.165) is 16.8 Å². The van der Waals surface area contributed by atoms with Crippen LogP contribution in [0.3, 0.4) is 0 Å². The number of nitrogens with one attached hydrogen (secondary N) is 1. The Morgan fingerprint density at radius 3 is 2.27 bits per heavy atom. The number of hydrogen-bond donors (Lipinski definition) is 1. The van der Waals surface area contributed by atoms with Gasteiger partial charge in [0.2, 0.25) is 0 Å². The fraction of sp³-hybridized carbons (Fsp3) is 0.235. The van der Waals surface area contributed by atoms with Crippen LogP contribution in [0.2, 0.25) is 0 Å². The van der Waals surface area contributed by atoms with E-state index >= 15 is 0 Å². The fourth-order valence-electron chi connectivity index (χ4n) is 1.97. The predicted octanol–water partition coefficient (Wildman–Crippen LogP) is 3.28. The Kier molecular flexibility index (Phi) is 5.33. The van der Waals surface area contributed by atoms with Crippen molar-refractivity contribution in [3.63, 3.8) is 0 Å². The molecule has 0 saturated carbocycles. The van der Waals surface area contributed by atoms with Crippen LogP contribution in [-0.2, 0) is 16.4 Å². The second-order valence-corrected chi connectivity index (χ2v) is 6.76. The maximum absolute atomic E-state index is 12.2. The molecule has 22 heavy (non-hydrogen) atoms. The van der Waals surface area contributed by atoms with Gasteiger partial charge >= 0.3 is 0 Å². The van der Waals surface area contributed by atoms with Crippen molar-refractivity contribution in [2.45, 2.75) is 31.6 Å². The third kappa shape index (κ3) is 4.43. The van der Waals surface area contributed by atoms with Gasteiger partial charge in [0.1, 0.15) is 0 Å². The number of benzene rings is 2. The van der Waals surface area contributed by atoms with E-state index < -0.39 is 10.0 Å². The Hall–Kier alpha value is -2.14. The highest BCUT2D eigenvalue weighted by Gasteiger charge is 2.12.